The molecule has 10 heteroatoms. The SMILES string of the molecule is COc1ccc(CCN(Cc2ccsc2)C(=O)C(=O)Nc2c(Br)cc(F)cc2Br)cc1OC. The molecule has 174 valence electrons. The fourth-order valence-electron chi connectivity index (χ4n) is 3.13. The summed E-state index contributed by atoms with van der Waals surface area (Å²) in [5, 5.41) is 6.42. The Morgan fingerprint density at radius 2 is 1.73 bits per heavy atom. The summed E-state index contributed by atoms with van der Waals surface area (Å²) in [5.74, 6) is -0.779. The lowest BCUT2D eigenvalue weighted by molar-refractivity contribution is -0.143. The second kappa shape index (κ2) is 11.6. The molecule has 0 aliphatic carbocycles. The summed E-state index contributed by atoms with van der Waals surface area (Å²) >= 11 is 7.95. The maximum absolute atomic E-state index is 13.5. The van der Waals surface area contributed by atoms with Gasteiger partial charge in [0.25, 0.3) is 0 Å². The van der Waals surface area contributed by atoms with Crippen LogP contribution in [0.15, 0.2) is 56.1 Å². The number of nitrogens with one attached hydrogen (secondary N) is 1. The molecule has 2 aromatic carbocycles. The number of thiophene rings is 1. The average Bonchev–Trinajstić information content (AvgIpc) is 3.31. The van der Waals surface area contributed by atoms with Crippen LogP contribution in [0.5, 0.6) is 11.5 Å². The number of halogens is 3. The predicted octanol–water partition coefficient (Wildman–Crippen LogP) is 5.64. The Morgan fingerprint density at radius 3 is 2.33 bits per heavy atom. The number of hydrogen-bond acceptors (Lipinski definition) is 5. The highest BCUT2D eigenvalue weighted by Crippen LogP contribution is 2.32. The van der Waals surface area contributed by atoms with Gasteiger partial charge in [0.05, 0.1) is 19.9 Å². The van der Waals surface area contributed by atoms with Crippen molar-refractivity contribution in [3.63, 3.8) is 0 Å². The lowest BCUT2D eigenvalue weighted by atomic mass is 10.1. The van der Waals surface area contributed by atoms with Crippen molar-refractivity contribution in [1.82, 2.24) is 4.90 Å². The van der Waals surface area contributed by atoms with Crippen LogP contribution < -0.4 is 14.8 Å². The van der Waals surface area contributed by atoms with Crippen LogP contribution in [-0.2, 0) is 22.6 Å². The molecule has 0 aliphatic rings. The lowest BCUT2D eigenvalue weighted by Gasteiger charge is -2.22. The van der Waals surface area contributed by atoms with E-state index in [1.165, 1.54) is 28.4 Å². The first-order valence-electron chi connectivity index (χ1n) is 9.79. The predicted molar refractivity (Wildman–Crippen MR) is 133 cm³/mol. The van der Waals surface area contributed by atoms with Crippen molar-refractivity contribution in [1.29, 1.82) is 0 Å². The Bertz CT molecular complexity index is 1120. The van der Waals surface area contributed by atoms with Crippen LogP contribution in [0.3, 0.4) is 0 Å². The van der Waals surface area contributed by atoms with Gasteiger partial charge in [-0.2, -0.15) is 11.3 Å². The van der Waals surface area contributed by atoms with E-state index in [-0.39, 0.29) is 12.2 Å². The van der Waals surface area contributed by atoms with Crippen LogP contribution in [0.1, 0.15) is 11.1 Å². The van der Waals surface area contributed by atoms with E-state index in [1.807, 2.05) is 29.0 Å². The third kappa shape index (κ3) is 6.55. The molecule has 1 aromatic heterocycles. The molecule has 0 bridgehead atoms. The molecule has 3 rings (SSSR count). The zero-order valence-electron chi connectivity index (χ0n) is 17.9. The quantitative estimate of drug-likeness (QED) is 0.340. The molecule has 2 amide bonds. The highest BCUT2D eigenvalue weighted by molar-refractivity contribution is 9.11. The number of amides is 2. The third-order valence-corrected chi connectivity index (χ3v) is 6.78. The lowest BCUT2D eigenvalue weighted by Crippen LogP contribution is -2.40. The maximum atomic E-state index is 13.5. The Morgan fingerprint density at radius 1 is 1.03 bits per heavy atom. The van der Waals surface area contributed by atoms with E-state index in [4.69, 9.17) is 9.47 Å². The van der Waals surface area contributed by atoms with Crippen molar-refractivity contribution in [2.45, 2.75) is 13.0 Å². The van der Waals surface area contributed by atoms with E-state index in [2.05, 4.69) is 37.2 Å². The summed E-state index contributed by atoms with van der Waals surface area (Å²) in [4.78, 5) is 27.4. The summed E-state index contributed by atoms with van der Waals surface area (Å²) in [6, 6.07) is 9.87. The molecule has 3 aromatic rings. The molecule has 0 radical (unpaired) electrons. The summed E-state index contributed by atoms with van der Waals surface area (Å²) in [6.07, 6.45) is 0.507. The summed E-state index contributed by atoms with van der Waals surface area (Å²) in [6.45, 7) is 0.595. The van der Waals surface area contributed by atoms with Crippen LogP contribution in [0, 0.1) is 5.82 Å². The fourth-order valence-corrected chi connectivity index (χ4v) is 5.12. The molecule has 1 heterocycles. The van der Waals surface area contributed by atoms with Crippen LogP contribution in [0.25, 0.3) is 0 Å². The minimum Gasteiger partial charge on any atom is -0.493 e. The van der Waals surface area contributed by atoms with Crippen molar-refractivity contribution in [2.24, 2.45) is 0 Å². The number of carbonyl (C=O) groups excluding carboxylic acids is 2. The molecule has 0 unspecified atom stereocenters. The minimum absolute atomic E-state index is 0.283. The van der Waals surface area contributed by atoms with Gasteiger partial charge in [-0.05, 0) is 90.5 Å². The average molecular weight is 600 g/mol. The van der Waals surface area contributed by atoms with Gasteiger partial charge < -0.3 is 19.7 Å². The normalized spacial score (nSPS) is 10.6. The molecule has 33 heavy (non-hydrogen) atoms. The molecule has 0 saturated heterocycles. The number of carbonyl (C=O) groups is 2. The van der Waals surface area contributed by atoms with Gasteiger partial charge in [-0.15, -0.1) is 0 Å². The van der Waals surface area contributed by atoms with Gasteiger partial charge in [-0.1, -0.05) is 6.07 Å². The van der Waals surface area contributed by atoms with Gasteiger partial charge in [-0.3, -0.25) is 9.59 Å². The van der Waals surface area contributed by atoms with Crippen LogP contribution in [0.2, 0.25) is 0 Å². The number of benzene rings is 2. The van der Waals surface area contributed by atoms with Crippen molar-refractivity contribution < 1.29 is 23.5 Å². The van der Waals surface area contributed by atoms with Gasteiger partial charge in [0.1, 0.15) is 5.82 Å². The van der Waals surface area contributed by atoms with Gasteiger partial charge in [0.2, 0.25) is 0 Å². The Labute approximate surface area is 212 Å². The molecule has 1 N–H and O–H groups in total. The summed E-state index contributed by atoms with van der Waals surface area (Å²) in [7, 11) is 3.12. The number of ether oxygens (including phenoxy) is 2. The van der Waals surface area contributed by atoms with Gasteiger partial charge in [-0.25, -0.2) is 4.39 Å². The van der Waals surface area contributed by atoms with E-state index < -0.39 is 17.6 Å². The smallest absolute Gasteiger partial charge is 0.313 e. The number of rotatable bonds is 8. The Kier molecular flexibility index (Phi) is 8.87. The molecule has 0 fully saturated rings. The third-order valence-electron chi connectivity index (χ3n) is 4.80. The minimum atomic E-state index is -0.814. The largest absolute Gasteiger partial charge is 0.493 e. The number of nitrogens with zero attached hydrogens (tertiary/aromatic N) is 1. The first-order valence-corrected chi connectivity index (χ1v) is 12.3. The van der Waals surface area contributed by atoms with Gasteiger partial charge in [0.15, 0.2) is 11.5 Å². The van der Waals surface area contributed by atoms with Crippen LogP contribution in [0.4, 0.5) is 10.1 Å². The standard InChI is InChI=1S/C23H21Br2FN2O4S/c1-31-19-4-3-14(9-20(19)32-2)5-7-28(12-15-6-8-33-13-15)23(30)22(29)27-21-17(24)10-16(26)11-18(21)25/h3-4,6,8-11,13H,5,7,12H2,1-2H3,(H,27,29). The second-order valence-corrected chi connectivity index (χ2v) is 9.48. The topological polar surface area (TPSA) is 67.9 Å². The van der Waals surface area contributed by atoms with E-state index in [9.17, 15) is 14.0 Å². The van der Waals surface area contributed by atoms with E-state index >= 15 is 0 Å². The molecular formula is C23H21Br2FN2O4S. The summed E-state index contributed by atoms with van der Waals surface area (Å²) in [5.41, 5.74) is 2.14. The highest BCUT2D eigenvalue weighted by Gasteiger charge is 2.24. The Hall–Kier alpha value is -2.43. The summed E-state index contributed by atoms with van der Waals surface area (Å²) < 4.78 is 24.8. The monoisotopic (exact) mass is 598 g/mol. The van der Waals surface area contributed by atoms with Gasteiger partial charge >= 0.3 is 11.8 Å². The molecule has 0 saturated carbocycles. The van der Waals surface area contributed by atoms with Crippen molar-refractivity contribution in [3.8, 4) is 11.5 Å². The Balaban J connectivity index is 1.77. The van der Waals surface area contributed by atoms with Crippen molar-refractivity contribution in [2.75, 3.05) is 26.1 Å². The maximum Gasteiger partial charge on any atom is 0.313 e. The fraction of sp³-hybridized carbons (Fsp3) is 0.217. The van der Waals surface area contributed by atoms with Gasteiger partial charge in [0, 0.05) is 22.0 Å². The zero-order valence-corrected chi connectivity index (χ0v) is 21.9. The number of hydrogen-bond donors (Lipinski definition) is 1. The van der Waals surface area contributed by atoms with E-state index in [0.717, 1.165) is 11.1 Å². The van der Waals surface area contributed by atoms with E-state index in [1.54, 1.807) is 20.3 Å². The molecule has 0 aliphatic heterocycles. The van der Waals surface area contributed by atoms with Crippen LogP contribution in [-0.4, -0.2) is 37.5 Å². The molecule has 0 atom stereocenters. The highest BCUT2D eigenvalue weighted by atomic mass is 79.9. The molecular weight excluding hydrogens is 579 g/mol. The number of methoxy groups -OCH3 is 2. The molecule has 6 nitrogen and oxygen atoms in total. The number of anilines is 1. The molecule has 0 spiro atoms. The van der Waals surface area contributed by atoms with Crippen molar-refractivity contribution in [3.05, 3.63) is 73.0 Å². The van der Waals surface area contributed by atoms with Crippen molar-refractivity contribution >= 4 is 60.7 Å². The first-order chi connectivity index (χ1) is 15.8. The zero-order chi connectivity index (χ0) is 24.0. The second-order valence-electron chi connectivity index (χ2n) is 7.00. The van der Waals surface area contributed by atoms with E-state index in [0.29, 0.717) is 33.4 Å². The van der Waals surface area contributed by atoms with Crippen LogP contribution >= 0.6 is 43.2 Å². The first kappa shape index (κ1) is 25.2.